The molecule has 1 aromatic carbocycles. The summed E-state index contributed by atoms with van der Waals surface area (Å²) in [6.07, 6.45) is 0.977. The van der Waals surface area contributed by atoms with Crippen LogP contribution in [-0.4, -0.2) is 40.6 Å². The third-order valence-corrected chi connectivity index (χ3v) is 4.31. The number of amides is 1. The number of alkyl carbamates (subject to hydrolysis) is 1. The molecule has 3 aromatic rings. The number of fused-ring (bicyclic) bond motifs is 1. The van der Waals surface area contributed by atoms with E-state index in [1.54, 1.807) is 40.0 Å². The smallest absolute Gasteiger partial charge is 0.407 e. The number of hydrogen-bond acceptors (Lipinski definition) is 5. The Kier molecular flexibility index (Phi) is 6.86. The normalized spacial score (nSPS) is 12.5. The SMILES string of the molecule is CCOc1ccc2c(F)c(-c3ccc(OC[C@H](C)NC(=O)OC(C)(C)C)cc3F)nn2c1. The van der Waals surface area contributed by atoms with Gasteiger partial charge in [-0.15, -0.1) is 0 Å². The van der Waals surface area contributed by atoms with Gasteiger partial charge in [-0.1, -0.05) is 0 Å². The maximum absolute atomic E-state index is 14.8. The summed E-state index contributed by atoms with van der Waals surface area (Å²) in [5, 5.41) is 6.81. The second-order valence-corrected chi connectivity index (χ2v) is 8.29. The van der Waals surface area contributed by atoms with Crippen molar-refractivity contribution in [2.24, 2.45) is 0 Å². The minimum Gasteiger partial charge on any atom is -0.492 e. The van der Waals surface area contributed by atoms with Crippen molar-refractivity contribution in [3.63, 3.8) is 0 Å². The molecule has 3 rings (SSSR count). The highest BCUT2D eigenvalue weighted by Gasteiger charge is 2.20. The molecule has 2 heterocycles. The van der Waals surface area contributed by atoms with Crippen LogP contribution in [-0.2, 0) is 4.74 Å². The Balaban J connectivity index is 1.70. The lowest BCUT2D eigenvalue weighted by molar-refractivity contribution is 0.0494. The molecule has 0 aliphatic rings. The molecule has 9 heteroatoms. The summed E-state index contributed by atoms with van der Waals surface area (Å²) in [5.74, 6) is -0.530. The van der Waals surface area contributed by atoms with Gasteiger partial charge in [0.25, 0.3) is 0 Å². The highest BCUT2D eigenvalue weighted by molar-refractivity contribution is 5.69. The molecule has 0 saturated heterocycles. The van der Waals surface area contributed by atoms with E-state index in [0.717, 1.165) is 6.07 Å². The summed E-state index contributed by atoms with van der Waals surface area (Å²) in [7, 11) is 0. The van der Waals surface area contributed by atoms with Gasteiger partial charge in [0, 0.05) is 11.6 Å². The van der Waals surface area contributed by atoms with Crippen LogP contribution in [0.15, 0.2) is 36.5 Å². The molecule has 0 saturated carbocycles. The molecule has 7 nitrogen and oxygen atoms in total. The number of carbonyl (C=O) groups excluding carboxylic acids is 1. The molecule has 0 unspecified atom stereocenters. The van der Waals surface area contributed by atoms with Crippen molar-refractivity contribution in [3.8, 4) is 22.8 Å². The van der Waals surface area contributed by atoms with Gasteiger partial charge in [-0.05, 0) is 58.9 Å². The molecule has 2 aromatic heterocycles. The van der Waals surface area contributed by atoms with Gasteiger partial charge in [0.15, 0.2) is 5.82 Å². The first-order valence-electron chi connectivity index (χ1n) is 10.3. The van der Waals surface area contributed by atoms with Crippen LogP contribution in [0.3, 0.4) is 0 Å². The van der Waals surface area contributed by atoms with Crippen molar-refractivity contribution < 1.29 is 27.8 Å². The quantitative estimate of drug-likeness (QED) is 0.554. The number of rotatable bonds is 7. The fourth-order valence-electron chi connectivity index (χ4n) is 2.97. The summed E-state index contributed by atoms with van der Waals surface area (Å²) in [6.45, 7) is 9.43. The zero-order valence-corrected chi connectivity index (χ0v) is 18.7. The van der Waals surface area contributed by atoms with Gasteiger partial charge >= 0.3 is 6.09 Å². The third-order valence-electron chi connectivity index (χ3n) is 4.31. The van der Waals surface area contributed by atoms with Crippen molar-refractivity contribution in [3.05, 3.63) is 48.2 Å². The van der Waals surface area contributed by atoms with Crippen LogP contribution >= 0.6 is 0 Å². The number of ether oxygens (including phenoxy) is 3. The van der Waals surface area contributed by atoms with E-state index in [1.807, 2.05) is 6.92 Å². The lowest BCUT2D eigenvalue weighted by Gasteiger charge is -2.22. The topological polar surface area (TPSA) is 74.1 Å². The van der Waals surface area contributed by atoms with Crippen molar-refractivity contribution in [1.82, 2.24) is 14.9 Å². The lowest BCUT2D eigenvalue weighted by atomic mass is 10.1. The monoisotopic (exact) mass is 447 g/mol. The van der Waals surface area contributed by atoms with E-state index in [2.05, 4.69) is 10.4 Å². The first kappa shape index (κ1) is 23.3. The Morgan fingerprint density at radius 3 is 2.53 bits per heavy atom. The van der Waals surface area contributed by atoms with Crippen LogP contribution in [0.5, 0.6) is 11.5 Å². The van der Waals surface area contributed by atoms with Crippen LogP contribution in [0.4, 0.5) is 13.6 Å². The Bertz CT molecular complexity index is 1110. The molecular weight excluding hydrogens is 420 g/mol. The van der Waals surface area contributed by atoms with Gasteiger partial charge in [-0.25, -0.2) is 18.1 Å². The van der Waals surface area contributed by atoms with E-state index in [4.69, 9.17) is 14.2 Å². The number of pyridine rings is 1. The van der Waals surface area contributed by atoms with Gasteiger partial charge in [0.1, 0.15) is 40.7 Å². The van der Waals surface area contributed by atoms with Crippen LogP contribution in [0.1, 0.15) is 34.6 Å². The number of nitrogens with zero attached hydrogens (tertiary/aromatic N) is 2. The molecule has 0 radical (unpaired) electrons. The second kappa shape index (κ2) is 9.42. The maximum atomic E-state index is 14.8. The first-order valence-corrected chi connectivity index (χ1v) is 10.3. The zero-order chi connectivity index (χ0) is 23.5. The summed E-state index contributed by atoms with van der Waals surface area (Å²) >= 11 is 0. The molecule has 32 heavy (non-hydrogen) atoms. The molecule has 172 valence electrons. The minimum atomic E-state index is -0.678. The van der Waals surface area contributed by atoms with E-state index >= 15 is 0 Å². The van der Waals surface area contributed by atoms with Gasteiger partial charge < -0.3 is 19.5 Å². The number of nitrogens with one attached hydrogen (secondary N) is 1. The first-order chi connectivity index (χ1) is 15.1. The van der Waals surface area contributed by atoms with E-state index in [1.165, 1.54) is 22.7 Å². The minimum absolute atomic E-state index is 0.0106. The van der Waals surface area contributed by atoms with E-state index in [-0.39, 0.29) is 35.2 Å². The molecule has 0 aliphatic heterocycles. The number of halogens is 2. The Labute approximate surface area is 185 Å². The summed E-state index contributed by atoms with van der Waals surface area (Å²) in [4.78, 5) is 11.8. The van der Waals surface area contributed by atoms with Crippen molar-refractivity contribution >= 4 is 11.6 Å². The van der Waals surface area contributed by atoms with Crippen LogP contribution < -0.4 is 14.8 Å². The lowest BCUT2D eigenvalue weighted by Crippen LogP contribution is -2.40. The number of hydrogen-bond donors (Lipinski definition) is 1. The Morgan fingerprint density at radius 2 is 1.88 bits per heavy atom. The molecule has 0 fully saturated rings. The molecular formula is C23H27F2N3O4. The number of carbonyl (C=O) groups is 1. The second-order valence-electron chi connectivity index (χ2n) is 8.29. The molecule has 0 aliphatic carbocycles. The largest absolute Gasteiger partial charge is 0.492 e. The van der Waals surface area contributed by atoms with Crippen molar-refractivity contribution in [1.29, 1.82) is 0 Å². The fourth-order valence-corrected chi connectivity index (χ4v) is 2.97. The van der Waals surface area contributed by atoms with Crippen LogP contribution in [0.25, 0.3) is 16.8 Å². The predicted octanol–water partition coefficient (Wildman–Crippen LogP) is 4.97. The zero-order valence-electron chi connectivity index (χ0n) is 18.7. The van der Waals surface area contributed by atoms with Crippen LogP contribution in [0, 0.1) is 11.6 Å². The van der Waals surface area contributed by atoms with Gasteiger partial charge in [0.05, 0.1) is 18.8 Å². The molecule has 1 N–H and O–H groups in total. The van der Waals surface area contributed by atoms with Gasteiger partial charge in [-0.3, -0.25) is 0 Å². The average molecular weight is 447 g/mol. The molecule has 0 bridgehead atoms. The standard InChI is InChI=1S/C23H27F2N3O4/c1-6-30-16-8-10-19-20(25)21(27-28(19)12-16)17-9-7-15(11-18(17)24)31-13-14(2)26-22(29)32-23(3,4)5/h7-12,14H,6,13H2,1-5H3,(H,26,29)/t14-/m0/s1. The average Bonchev–Trinajstić information content (AvgIpc) is 3.01. The predicted molar refractivity (Wildman–Crippen MR) is 116 cm³/mol. The fraction of sp³-hybridized carbons (Fsp3) is 0.391. The van der Waals surface area contributed by atoms with Gasteiger partial charge in [-0.2, -0.15) is 5.10 Å². The van der Waals surface area contributed by atoms with Crippen LogP contribution in [0.2, 0.25) is 0 Å². The van der Waals surface area contributed by atoms with Crippen molar-refractivity contribution in [2.45, 2.75) is 46.3 Å². The highest BCUT2D eigenvalue weighted by Crippen LogP contribution is 2.30. The summed E-state index contributed by atoms with van der Waals surface area (Å²) in [5.41, 5.74) is -0.495. The van der Waals surface area contributed by atoms with E-state index in [0.29, 0.717) is 12.4 Å². The Hall–Kier alpha value is -3.36. The highest BCUT2D eigenvalue weighted by atomic mass is 19.1. The van der Waals surface area contributed by atoms with E-state index in [9.17, 15) is 13.6 Å². The summed E-state index contributed by atoms with van der Waals surface area (Å²) in [6, 6.07) is 6.88. The molecule has 1 amide bonds. The molecule has 0 spiro atoms. The van der Waals surface area contributed by atoms with Crippen molar-refractivity contribution in [2.75, 3.05) is 13.2 Å². The number of aromatic nitrogens is 2. The van der Waals surface area contributed by atoms with E-state index < -0.39 is 23.3 Å². The number of benzene rings is 1. The third kappa shape index (κ3) is 5.66. The summed E-state index contributed by atoms with van der Waals surface area (Å²) < 4.78 is 47.0. The maximum Gasteiger partial charge on any atom is 0.407 e. The van der Waals surface area contributed by atoms with Gasteiger partial charge in [0.2, 0.25) is 0 Å². The molecule has 1 atom stereocenters. The Morgan fingerprint density at radius 1 is 1.16 bits per heavy atom.